The van der Waals surface area contributed by atoms with Gasteiger partial charge in [-0.25, -0.2) is 9.37 Å². The van der Waals surface area contributed by atoms with Gasteiger partial charge < -0.3 is 10.1 Å². The van der Waals surface area contributed by atoms with Crippen molar-refractivity contribution >= 4 is 23.0 Å². The number of rotatable bonds is 3. The summed E-state index contributed by atoms with van der Waals surface area (Å²) >= 11 is 5.49. The minimum atomic E-state index is -0.551. The predicted octanol–water partition coefficient (Wildman–Crippen LogP) is 3.63. The summed E-state index contributed by atoms with van der Waals surface area (Å²) in [4.78, 5) is 3.71. The largest absolute Gasteiger partial charge is 0.497 e. The molecule has 1 heterocycles. The van der Waals surface area contributed by atoms with Crippen LogP contribution in [0.3, 0.4) is 0 Å². The van der Waals surface area contributed by atoms with Crippen LogP contribution in [0, 0.1) is 5.82 Å². The van der Waals surface area contributed by atoms with Crippen molar-refractivity contribution in [2.24, 2.45) is 0 Å². The second-order valence-electron chi connectivity index (χ2n) is 3.35. The highest BCUT2D eigenvalue weighted by Crippen LogP contribution is 2.21. The summed E-state index contributed by atoms with van der Waals surface area (Å²) in [6, 6.07) is 8.56. The van der Waals surface area contributed by atoms with Gasteiger partial charge >= 0.3 is 0 Å². The molecule has 5 heteroatoms. The van der Waals surface area contributed by atoms with Gasteiger partial charge in [0.25, 0.3) is 0 Å². The number of ether oxygens (including phenoxy) is 1. The van der Waals surface area contributed by atoms with Crippen molar-refractivity contribution in [2.45, 2.75) is 0 Å². The van der Waals surface area contributed by atoms with E-state index in [1.807, 2.05) is 24.3 Å². The second kappa shape index (κ2) is 5.01. The van der Waals surface area contributed by atoms with E-state index >= 15 is 0 Å². The van der Waals surface area contributed by atoms with Crippen LogP contribution in [0.2, 0.25) is 5.15 Å². The Morgan fingerprint density at radius 2 is 1.94 bits per heavy atom. The van der Waals surface area contributed by atoms with Crippen LogP contribution in [-0.4, -0.2) is 12.1 Å². The van der Waals surface area contributed by atoms with E-state index in [0.717, 1.165) is 11.4 Å². The van der Waals surface area contributed by atoms with Crippen LogP contribution in [0.1, 0.15) is 0 Å². The van der Waals surface area contributed by atoms with Crippen molar-refractivity contribution < 1.29 is 9.13 Å². The third-order valence-electron chi connectivity index (χ3n) is 2.17. The second-order valence-corrected chi connectivity index (χ2v) is 3.71. The molecule has 1 aromatic carbocycles. The van der Waals surface area contributed by atoms with Crippen molar-refractivity contribution in [1.29, 1.82) is 0 Å². The van der Waals surface area contributed by atoms with Crippen LogP contribution in [0.4, 0.5) is 15.8 Å². The molecule has 0 spiro atoms. The minimum absolute atomic E-state index is 0.134. The summed E-state index contributed by atoms with van der Waals surface area (Å²) < 4.78 is 18.2. The Morgan fingerprint density at radius 1 is 1.24 bits per heavy atom. The van der Waals surface area contributed by atoms with E-state index in [9.17, 15) is 4.39 Å². The smallest absolute Gasteiger partial charge is 0.164 e. The van der Waals surface area contributed by atoms with Crippen molar-refractivity contribution in [3.8, 4) is 5.75 Å². The standard InChI is InChI=1S/C12H10ClFN2O/c1-17-10-4-2-8(3-5-10)16-9-6-11(14)12(13)15-7-9/h2-7,16H,1H3. The lowest BCUT2D eigenvalue weighted by molar-refractivity contribution is 0.415. The number of aromatic nitrogens is 1. The molecule has 0 aliphatic rings. The lowest BCUT2D eigenvalue weighted by Gasteiger charge is -2.07. The number of pyridine rings is 1. The van der Waals surface area contributed by atoms with Crippen LogP contribution in [-0.2, 0) is 0 Å². The molecule has 1 aromatic heterocycles. The van der Waals surface area contributed by atoms with Gasteiger partial charge in [-0.05, 0) is 24.3 Å². The Bertz CT molecular complexity index is 516. The molecule has 2 rings (SSSR count). The highest BCUT2D eigenvalue weighted by molar-refractivity contribution is 6.29. The topological polar surface area (TPSA) is 34.1 Å². The zero-order chi connectivity index (χ0) is 12.3. The number of nitrogens with zero attached hydrogens (tertiary/aromatic N) is 1. The van der Waals surface area contributed by atoms with Crippen LogP contribution < -0.4 is 10.1 Å². The molecule has 0 aliphatic carbocycles. The van der Waals surface area contributed by atoms with Gasteiger partial charge in [-0.15, -0.1) is 0 Å². The molecule has 0 fully saturated rings. The first-order valence-electron chi connectivity index (χ1n) is 4.91. The maximum atomic E-state index is 13.1. The summed E-state index contributed by atoms with van der Waals surface area (Å²) in [7, 11) is 1.60. The number of methoxy groups -OCH3 is 1. The highest BCUT2D eigenvalue weighted by Gasteiger charge is 2.02. The molecule has 2 aromatic rings. The Hall–Kier alpha value is -1.81. The zero-order valence-corrected chi connectivity index (χ0v) is 9.83. The van der Waals surface area contributed by atoms with Gasteiger partial charge in [0.2, 0.25) is 0 Å². The number of benzene rings is 1. The van der Waals surface area contributed by atoms with Crippen molar-refractivity contribution in [3.63, 3.8) is 0 Å². The predicted molar refractivity (Wildman–Crippen MR) is 65.5 cm³/mol. The fourth-order valence-corrected chi connectivity index (χ4v) is 1.43. The van der Waals surface area contributed by atoms with Gasteiger partial charge in [0, 0.05) is 11.8 Å². The van der Waals surface area contributed by atoms with Gasteiger partial charge in [0.15, 0.2) is 11.0 Å². The monoisotopic (exact) mass is 252 g/mol. The van der Waals surface area contributed by atoms with Gasteiger partial charge in [0.05, 0.1) is 19.0 Å². The molecule has 3 nitrogen and oxygen atoms in total. The quantitative estimate of drug-likeness (QED) is 0.847. The van der Waals surface area contributed by atoms with Crippen molar-refractivity contribution in [1.82, 2.24) is 4.98 Å². The fraction of sp³-hybridized carbons (Fsp3) is 0.0833. The fourth-order valence-electron chi connectivity index (χ4n) is 1.33. The maximum absolute atomic E-state index is 13.1. The van der Waals surface area contributed by atoms with Gasteiger partial charge in [-0.2, -0.15) is 0 Å². The Morgan fingerprint density at radius 3 is 2.53 bits per heavy atom. The van der Waals surface area contributed by atoms with E-state index in [1.165, 1.54) is 12.3 Å². The molecular formula is C12H10ClFN2O. The molecule has 88 valence electrons. The summed E-state index contributed by atoms with van der Waals surface area (Å²) in [6.07, 6.45) is 1.47. The first-order chi connectivity index (χ1) is 8.19. The van der Waals surface area contributed by atoms with Crippen LogP contribution in [0.15, 0.2) is 36.5 Å². The van der Waals surface area contributed by atoms with E-state index in [2.05, 4.69) is 10.3 Å². The summed E-state index contributed by atoms with van der Waals surface area (Å²) in [5.74, 6) is 0.209. The van der Waals surface area contributed by atoms with Crippen LogP contribution in [0.5, 0.6) is 5.75 Å². The molecule has 0 saturated heterocycles. The number of hydrogen-bond acceptors (Lipinski definition) is 3. The van der Waals surface area contributed by atoms with E-state index in [-0.39, 0.29) is 5.15 Å². The van der Waals surface area contributed by atoms with Crippen molar-refractivity contribution in [2.75, 3.05) is 12.4 Å². The van der Waals surface area contributed by atoms with E-state index in [1.54, 1.807) is 7.11 Å². The Labute approximate surface area is 103 Å². The summed E-state index contributed by atoms with van der Waals surface area (Å²) in [5.41, 5.74) is 1.35. The highest BCUT2D eigenvalue weighted by atomic mass is 35.5. The molecule has 1 N–H and O–H groups in total. The number of anilines is 2. The first-order valence-corrected chi connectivity index (χ1v) is 5.29. The molecule has 0 radical (unpaired) electrons. The summed E-state index contributed by atoms with van der Waals surface area (Å²) in [5, 5.41) is 2.87. The molecule has 17 heavy (non-hydrogen) atoms. The van der Waals surface area contributed by atoms with E-state index in [0.29, 0.717) is 5.69 Å². The first kappa shape index (κ1) is 11.7. The number of halogens is 2. The van der Waals surface area contributed by atoms with Crippen molar-refractivity contribution in [3.05, 3.63) is 47.5 Å². The normalized spacial score (nSPS) is 10.1. The molecule has 0 aliphatic heterocycles. The van der Waals surface area contributed by atoms with Crippen LogP contribution in [0.25, 0.3) is 0 Å². The average Bonchev–Trinajstić information content (AvgIpc) is 2.35. The molecule has 0 atom stereocenters. The van der Waals surface area contributed by atoms with Gasteiger partial charge in [0.1, 0.15) is 5.75 Å². The number of nitrogens with one attached hydrogen (secondary N) is 1. The average molecular weight is 253 g/mol. The zero-order valence-electron chi connectivity index (χ0n) is 9.08. The third-order valence-corrected chi connectivity index (χ3v) is 2.45. The van der Waals surface area contributed by atoms with Crippen LogP contribution >= 0.6 is 11.6 Å². The minimum Gasteiger partial charge on any atom is -0.497 e. The van der Waals surface area contributed by atoms with E-state index in [4.69, 9.17) is 16.3 Å². The van der Waals surface area contributed by atoms with E-state index < -0.39 is 5.82 Å². The molecule has 0 unspecified atom stereocenters. The van der Waals surface area contributed by atoms with Gasteiger partial charge in [-0.3, -0.25) is 0 Å². The Kier molecular flexibility index (Phi) is 3.44. The third kappa shape index (κ3) is 2.85. The summed E-state index contributed by atoms with van der Waals surface area (Å²) in [6.45, 7) is 0. The lowest BCUT2D eigenvalue weighted by Crippen LogP contribution is -1.93. The SMILES string of the molecule is COc1ccc(Nc2cnc(Cl)c(F)c2)cc1. The van der Waals surface area contributed by atoms with Gasteiger partial charge in [-0.1, -0.05) is 11.6 Å². The lowest BCUT2D eigenvalue weighted by atomic mass is 10.3. The maximum Gasteiger partial charge on any atom is 0.164 e. The Balaban J connectivity index is 2.16. The number of hydrogen-bond donors (Lipinski definition) is 1. The molecular weight excluding hydrogens is 243 g/mol. The molecule has 0 bridgehead atoms. The molecule has 0 amide bonds. The molecule has 0 saturated carbocycles.